The Morgan fingerprint density at radius 1 is 1.24 bits per heavy atom. The Labute approximate surface area is 121 Å². The summed E-state index contributed by atoms with van der Waals surface area (Å²) >= 11 is 0. The number of anilines is 2. The van der Waals surface area contributed by atoms with Gasteiger partial charge in [0, 0.05) is 12.1 Å². The van der Waals surface area contributed by atoms with Gasteiger partial charge in [-0.1, -0.05) is 12.8 Å². The Hall–Kier alpha value is -2.37. The number of amides is 2. The first-order valence-corrected chi connectivity index (χ1v) is 6.95. The molecule has 1 saturated carbocycles. The standard InChI is InChI=1S/C15H16N2O4/c16-9-3-4-11(10(7-9)13(19)20)17-12(18)8-15(14(17)21)5-1-2-6-15/h3-4,7H,1-2,5-6,8,16H2,(H,19,20). The lowest BCUT2D eigenvalue weighted by molar-refractivity contribution is -0.125. The molecule has 110 valence electrons. The Morgan fingerprint density at radius 2 is 1.90 bits per heavy atom. The quantitative estimate of drug-likeness (QED) is 0.638. The van der Waals surface area contributed by atoms with Gasteiger partial charge >= 0.3 is 5.97 Å². The molecule has 0 aromatic heterocycles. The van der Waals surface area contributed by atoms with Crippen molar-refractivity contribution in [3.63, 3.8) is 0 Å². The molecule has 1 aliphatic carbocycles. The molecule has 1 aliphatic heterocycles. The minimum absolute atomic E-state index is 0.119. The minimum Gasteiger partial charge on any atom is -0.478 e. The number of nitrogens with two attached hydrogens (primary N) is 1. The second-order valence-corrected chi connectivity index (χ2v) is 5.78. The van der Waals surface area contributed by atoms with Crippen LogP contribution in [0.5, 0.6) is 0 Å². The Morgan fingerprint density at radius 3 is 2.52 bits per heavy atom. The zero-order chi connectivity index (χ0) is 15.2. The van der Waals surface area contributed by atoms with Crippen molar-refractivity contribution in [2.45, 2.75) is 32.1 Å². The van der Waals surface area contributed by atoms with Crippen molar-refractivity contribution in [2.24, 2.45) is 5.41 Å². The van der Waals surface area contributed by atoms with Crippen LogP contribution in [0, 0.1) is 5.41 Å². The van der Waals surface area contributed by atoms with Crippen LogP contribution in [0.1, 0.15) is 42.5 Å². The third-order valence-corrected chi connectivity index (χ3v) is 4.45. The molecule has 2 amide bonds. The van der Waals surface area contributed by atoms with E-state index in [4.69, 9.17) is 5.73 Å². The zero-order valence-electron chi connectivity index (χ0n) is 11.5. The van der Waals surface area contributed by atoms with Gasteiger partial charge in [-0.2, -0.15) is 0 Å². The molecular weight excluding hydrogens is 272 g/mol. The Bertz CT molecular complexity index is 647. The van der Waals surface area contributed by atoms with E-state index in [2.05, 4.69) is 0 Å². The smallest absolute Gasteiger partial charge is 0.337 e. The molecule has 21 heavy (non-hydrogen) atoms. The fourth-order valence-electron chi connectivity index (χ4n) is 3.40. The summed E-state index contributed by atoms with van der Waals surface area (Å²) in [5, 5.41) is 9.27. The van der Waals surface area contributed by atoms with Crippen LogP contribution < -0.4 is 10.6 Å². The molecule has 1 saturated heterocycles. The first-order valence-electron chi connectivity index (χ1n) is 6.95. The van der Waals surface area contributed by atoms with Crippen LogP contribution in [-0.2, 0) is 9.59 Å². The summed E-state index contributed by atoms with van der Waals surface area (Å²) in [7, 11) is 0. The molecule has 1 aromatic rings. The van der Waals surface area contributed by atoms with Gasteiger partial charge in [-0.05, 0) is 31.0 Å². The van der Waals surface area contributed by atoms with Crippen molar-refractivity contribution >= 4 is 29.2 Å². The molecule has 1 spiro atoms. The van der Waals surface area contributed by atoms with Crippen molar-refractivity contribution in [2.75, 3.05) is 10.6 Å². The summed E-state index contributed by atoms with van der Waals surface area (Å²) in [6.45, 7) is 0. The maximum absolute atomic E-state index is 12.7. The largest absolute Gasteiger partial charge is 0.478 e. The maximum Gasteiger partial charge on any atom is 0.337 e. The molecule has 3 rings (SSSR count). The second kappa shape index (κ2) is 4.58. The van der Waals surface area contributed by atoms with Gasteiger partial charge in [0.1, 0.15) is 0 Å². The van der Waals surface area contributed by atoms with E-state index in [0.717, 1.165) is 17.7 Å². The van der Waals surface area contributed by atoms with Crippen molar-refractivity contribution in [3.05, 3.63) is 23.8 Å². The van der Waals surface area contributed by atoms with E-state index in [-0.39, 0.29) is 35.2 Å². The van der Waals surface area contributed by atoms with E-state index in [1.54, 1.807) is 0 Å². The SMILES string of the molecule is Nc1ccc(N2C(=O)CC3(CCCC3)C2=O)c(C(=O)O)c1. The van der Waals surface area contributed by atoms with Gasteiger partial charge in [0.05, 0.1) is 16.7 Å². The number of hydrogen-bond donors (Lipinski definition) is 2. The molecular formula is C15H16N2O4. The maximum atomic E-state index is 12.7. The van der Waals surface area contributed by atoms with Crippen LogP contribution in [0.2, 0.25) is 0 Å². The molecule has 6 heteroatoms. The number of hydrogen-bond acceptors (Lipinski definition) is 4. The number of imide groups is 1. The van der Waals surface area contributed by atoms with Gasteiger partial charge in [0.25, 0.3) is 0 Å². The van der Waals surface area contributed by atoms with Crippen LogP contribution in [0.4, 0.5) is 11.4 Å². The Balaban J connectivity index is 2.07. The fraction of sp³-hybridized carbons (Fsp3) is 0.400. The average molecular weight is 288 g/mol. The Kier molecular flexibility index (Phi) is 2.97. The normalized spacial score (nSPS) is 20.5. The molecule has 1 heterocycles. The summed E-state index contributed by atoms with van der Waals surface area (Å²) in [6.07, 6.45) is 3.44. The number of nitrogen functional groups attached to an aromatic ring is 1. The first kappa shape index (κ1) is 13.6. The summed E-state index contributed by atoms with van der Waals surface area (Å²) in [5.41, 5.74) is 5.27. The number of carbonyl (C=O) groups excluding carboxylic acids is 2. The van der Waals surface area contributed by atoms with Crippen molar-refractivity contribution in [1.29, 1.82) is 0 Å². The number of carboxylic acid groups (broad SMARTS) is 1. The molecule has 6 nitrogen and oxygen atoms in total. The van der Waals surface area contributed by atoms with Crippen molar-refractivity contribution in [3.8, 4) is 0 Å². The number of rotatable bonds is 2. The number of carboxylic acids is 1. The van der Waals surface area contributed by atoms with E-state index in [0.29, 0.717) is 12.8 Å². The average Bonchev–Trinajstić information content (AvgIpc) is 2.98. The third kappa shape index (κ3) is 1.98. The summed E-state index contributed by atoms with van der Waals surface area (Å²) in [4.78, 5) is 37.4. The molecule has 0 radical (unpaired) electrons. The van der Waals surface area contributed by atoms with E-state index < -0.39 is 11.4 Å². The predicted octanol–water partition coefficient (Wildman–Crippen LogP) is 1.79. The lowest BCUT2D eigenvalue weighted by Crippen LogP contribution is -2.35. The van der Waals surface area contributed by atoms with E-state index in [1.165, 1.54) is 18.2 Å². The summed E-state index contributed by atoms with van der Waals surface area (Å²) < 4.78 is 0. The van der Waals surface area contributed by atoms with Gasteiger partial charge in [-0.25, -0.2) is 9.69 Å². The highest BCUT2D eigenvalue weighted by molar-refractivity contribution is 6.24. The number of benzene rings is 1. The minimum atomic E-state index is -1.20. The van der Waals surface area contributed by atoms with Crippen LogP contribution in [-0.4, -0.2) is 22.9 Å². The fourth-order valence-corrected chi connectivity index (χ4v) is 3.40. The highest BCUT2D eigenvalue weighted by atomic mass is 16.4. The van der Waals surface area contributed by atoms with E-state index in [1.807, 2.05) is 0 Å². The van der Waals surface area contributed by atoms with E-state index >= 15 is 0 Å². The van der Waals surface area contributed by atoms with Crippen molar-refractivity contribution in [1.82, 2.24) is 0 Å². The number of nitrogens with zero attached hydrogens (tertiary/aromatic N) is 1. The molecule has 2 fully saturated rings. The van der Waals surface area contributed by atoms with E-state index in [9.17, 15) is 19.5 Å². The number of aromatic carboxylic acids is 1. The molecule has 3 N–H and O–H groups in total. The molecule has 0 atom stereocenters. The lowest BCUT2D eigenvalue weighted by Gasteiger charge is -2.22. The predicted molar refractivity (Wildman–Crippen MR) is 75.8 cm³/mol. The zero-order valence-corrected chi connectivity index (χ0v) is 11.5. The number of carbonyl (C=O) groups is 3. The molecule has 0 bridgehead atoms. The van der Waals surface area contributed by atoms with Crippen LogP contribution in [0.15, 0.2) is 18.2 Å². The summed E-state index contributed by atoms with van der Waals surface area (Å²) in [6, 6.07) is 4.21. The topological polar surface area (TPSA) is 101 Å². The molecule has 1 aromatic carbocycles. The highest BCUT2D eigenvalue weighted by Gasteiger charge is 2.53. The van der Waals surface area contributed by atoms with Crippen molar-refractivity contribution < 1.29 is 19.5 Å². The van der Waals surface area contributed by atoms with Gasteiger partial charge in [-0.3, -0.25) is 9.59 Å². The van der Waals surface area contributed by atoms with Gasteiger partial charge in [0.2, 0.25) is 11.8 Å². The summed E-state index contributed by atoms with van der Waals surface area (Å²) in [5.74, 6) is -1.79. The highest BCUT2D eigenvalue weighted by Crippen LogP contribution is 2.48. The molecule has 2 aliphatic rings. The second-order valence-electron chi connectivity index (χ2n) is 5.78. The van der Waals surface area contributed by atoms with Gasteiger partial charge in [-0.15, -0.1) is 0 Å². The lowest BCUT2D eigenvalue weighted by atomic mass is 9.84. The third-order valence-electron chi connectivity index (χ3n) is 4.45. The van der Waals surface area contributed by atoms with Crippen LogP contribution in [0.25, 0.3) is 0 Å². The van der Waals surface area contributed by atoms with Gasteiger partial charge < -0.3 is 10.8 Å². The van der Waals surface area contributed by atoms with Gasteiger partial charge in [0.15, 0.2) is 0 Å². The van der Waals surface area contributed by atoms with Crippen LogP contribution in [0.3, 0.4) is 0 Å². The molecule has 0 unspecified atom stereocenters. The monoisotopic (exact) mass is 288 g/mol. The van der Waals surface area contributed by atoms with Crippen LogP contribution >= 0.6 is 0 Å². The first-order chi connectivity index (χ1) is 9.94.